The van der Waals surface area contributed by atoms with Gasteiger partial charge >= 0.3 is 0 Å². The fourth-order valence-corrected chi connectivity index (χ4v) is 3.13. The van der Waals surface area contributed by atoms with Crippen molar-refractivity contribution in [2.75, 3.05) is 30.0 Å². The second kappa shape index (κ2) is 6.70. The van der Waals surface area contributed by atoms with Crippen molar-refractivity contribution in [1.82, 2.24) is 0 Å². The van der Waals surface area contributed by atoms with Gasteiger partial charge in [0.05, 0.1) is 34.9 Å². The highest BCUT2D eigenvalue weighted by molar-refractivity contribution is 8.00. The van der Waals surface area contributed by atoms with Gasteiger partial charge in [0.1, 0.15) is 0 Å². The number of hydrogen-bond donors (Lipinski definition) is 2. The summed E-state index contributed by atoms with van der Waals surface area (Å²) in [5.74, 6) is 0.647. The molecule has 1 aliphatic heterocycles. The highest BCUT2D eigenvalue weighted by atomic mass is 35.5. The maximum absolute atomic E-state index is 11.8. The lowest BCUT2D eigenvalue weighted by atomic mass is 10.2. The molecule has 19 heavy (non-hydrogen) atoms. The maximum Gasteiger partial charge on any atom is 0.225 e. The number of rotatable bonds is 5. The van der Waals surface area contributed by atoms with Crippen molar-refractivity contribution in [3.8, 4) is 0 Å². The first-order valence-corrected chi connectivity index (χ1v) is 7.60. The Kier molecular flexibility index (Phi) is 5.21. The highest BCUT2D eigenvalue weighted by Gasteiger charge is 2.19. The minimum absolute atomic E-state index is 0.108. The van der Waals surface area contributed by atoms with Crippen LogP contribution in [0.2, 0.25) is 10.0 Å². The summed E-state index contributed by atoms with van der Waals surface area (Å²) in [7, 11) is 0. The van der Waals surface area contributed by atoms with E-state index in [1.165, 1.54) is 0 Å². The van der Waals surface area contributed by atoms with Crippen LogP contribution in [0.4, 0.5) is 11.4 Å². The van der Waals surface area contributed by atoms with E-state index in [1.807, 2.05) is 0 Å². The van der Waals surface area contributed by atoms with Gasteiger partial charge in [-0.15, -0.1) is 0 Å². The normalized spacial score (nSPS) is 15.1. The van der Waals surface area contributed by atoms with Gasteiger partial charge in [-0.1, -0.05) is 23.2 Å². The van der Waals surface area contributed by atoms with E-state index < -0.39 is 0 Å². The summed E-state index contributed by atoms with van der Waals surface area (Å²) < 4.78 is 5.06. The topological polar surface area (TPSA) is 64.3 Å². The standard InChI is InChI=1S/C12H14Cl2N2O2S/c13-7-3-9(14)12(10(15)4-7)16-11(17)1-2-19-8-5-18-6-8/h3-4,8H,1-2,5-6,15H2,(H,16,17). The molecule has 104 valence electrons. The minimum atomic E-state index is -0.108. The zero-order valence-electron chi connectivity index (χ0n) is 10.1. The summed E-state index contributed by atoms with van der Waals surface area (Å²) in [4.78, 5) is 11.8. The summed E-state index contributed by atoms with van der Waals surface area (Å²) in [6.07, 6.45) is 0.416. The summed E-state index contributed by atoms with van der Waals surface area (Å²) in [6.45, 7) is 1.56. The van der Waals surface area contributed by atoms with Crippen LogP contribution < -0.4 is 11.1 Å². The van der Waals surface area contributed by atoms with Crippen molar-refractivity contribution in [3.05, 3.63) is 22.2 Å². The summed E-state index contributed by atoms with van der Waals surface area (Å²) >= 11 is 13.5. The van der Waals surface area contributed by atoms with E-state index in [1.54, 1.807) is 23.9 Å². The van der Waals surface area contributed by atoms with Crippen LogP contribution in [0.3, 0.4) is 0 Å². The molecule has 4 nitrogen and oxygen atoms in total. The Morgan fingerprint density at radius 3 is 2.79 bits per heavy atom. The van der Waals surface area contributed by atoms with Crippen LogP contribution in [0.25, 0.3) is 0 Å². The van der Waals surface area contributed by atoms with Gasteiger partial charge in [-0.3, -0.25) is 4.79 Å². The molecule has 0 bridgehead atoms. The van der Waals surface area contributed by atoms with Crippen LogP contribution in [-0.4, -0.2) is 30.1 Å². The molecule has 0 saturated carbocycles. The maximum atomic E-state index is 11.8. The Bertz CT molecular complexity index is 458. The molecule has 7 heteroatoms. The van der Waals surface area contributed by atoms with Gasteiger partial charge in [0.15, 0.2) is 0 Å². The predicted octanol–water partition coefficient (Wildman–Crippen LogP) is 3.04. The second-order valence-corrected chi connectivity index (χ2v) is 6.43. The highest BCUT2D eigenvalue weighted by Crippen LogP contribution is 2.32. The lowest BCUT2D eigenvalue weighted by Crippen LogP contribution is -2.30. The van der Waals surface area contributed by atoms with E-state index in [2.05, 4.69) is 5.32 Å². The average molecular weight is 321 g/mol. The lowest BCUT2D eigenvalue weighted by Gasteiger charge is -2.25. The zero-order chi connectivity index (χ0) is 13.8. The van der Waals surface area contributed by atoms with E-state index in [0.29, 0.717) is 33.1 Å². The number of nitrogen functional groups attached to an aromatic ring is 1. The minimum Gasteiger partial charge on any atom is -0.397 e. The van der Waals surface area contributed by atoms with Crippen LogP contribution in [0.1, 0.15) is 6.42 Å². The number of benzene rings is 1. The van der Waals surface area contributed by atoms with Crippen LogP contribution in [0.15, 0.2) is 12.1 Å². The number of carbonyl (C=O) groups excluding carboxylic acids is 1. The number of amides is 1. The van der Waals surface area contributed by atoms with E-state index in [4.69, 9.17) is 33.7 Å². The molecule has 1 saturated heterocycles. The van der Waals surface area contributed by atoms with Gasteiger partial charge < -0.3 is 15.8 Å². The monoisotopic (exact) mass is 320 g/mol. The van der Waals surface area contributed by atoms with Crippen molar-refractivity contribution < 1.29 is 9.53 Å². The van der Waals surface area contributed by atoms with Crippen LogP contribution in [-0.2, 0) is 9.53 Å². The first-order chi connectivity index (χ1) is 9.06. The SMILES string of the molecule is Nc1cc(Cl)cc(Cl)c1NC(=O)CCSC1COC1. The summed E-state index contributed by atoms with van der Waals surface area (Å²) in [5.41, 5.74) is 6.56. The summed E-state index contributed by atoms with van der Waals surface area (Å²) in [6, 6.07) is 3.11. The van der Waals surface area contributed by atoms with Crippen LogP contribution in [0, 0.1) is 0 Å². The van der Waals surface area contributed by atoms with E-state index in [0.717, 1.165) is 19.0 Å². The molecule has 3 N–H and O–H groups in total. The number of hydrogen-bond acceptors (Lipinski definition) is 4. The average Bonchev–Trinajstić information content (AvgIpc) is 2.27. The molecule has 0 unspecified atom stereocenters. The number of halogens is 2. The summed E-state index contributed by atoms with van der Waals surface area (Å²) in [5, 5.41) is 4.03. The third-order valence-corrected chi connectivity index (χ3v) is 4.34. The third-order valence-electron chi connectivity index (χ3n) is 2.64. The predicted molar refractivity (Wildman–Crippen MR) is 81.2 cm³/mol. The van der Waals surface area contributed by atoms with Gasteiger partial charge in [0.2, 0.25) is 5.91 Å². The lowest BCUT2D eigenvalue weighted by molar-refractivity contribution is -0.115. The first kappa shape index (κ1) is 14.8. The first-order valence-electron chi connectivity index (χ1n) is 5.80. The van der Waals surface area contributed by atoms with E-state index in [-0.39, 0.29) is 5.91 Å². The Hall–Kier alpha value is -0.620. The van der Waals surface area contributed by atoms with Crippen molar-refractivity contribution in [3.63, 3.8) is 0 Å². The Morgan fingerprint density at radius 2 is 2.21 bits per heavy atom. The number of carbonyl (C=O) groups is 1. The van der Waals surface area contributed by atoms with Crippen LogP contribution >= 0.6 is 35.0 Å². The molecule has 0 aliphatic carbocycles. The van der Waals surface area contributed by atoms with Gasteiger partial charge in [0.25, 0.3) is 0 Å². The molecule has 0 aromatic heterocycles. The Balaban J connectivity index is 1.84. The molecule has 0 radical (unpaired) electrons. The second-order valence-electron chi connectivity index (χ2n) is 4.18. The number of nitrogens with one attached hydrogen (secondary N) is 1. The molecule has 1 aromatic rings. The Morgan fingerprint density at radius 1 is 1.47 bits per heavy atom. The van der Waals surface area contributed by atoms with Gasteiger partial charge in [-0.25, -0.2) is 0 Å². The van der Waals surface area contributed by atoms with Crippen molar-refractivity contribution >= 4 is 52.2 Å². The zero-order valence-corrected chi connectivity index (χ0v) is 12.4. The molecule has 0 spiro atoms. The smallest absolute Gasteiger partial charge is 0.225 e. The fraction of sp³-hybridized carbons (Fsp3) is 0.417. The third kappa shape index (κ3) is 4.18. The molecular formula is C12H14Cl2N2O2S. The molecular weight excluding hydrogens is 307 g/mol. The van der Waals surface area contributed by atoms with E-state index in [9.17, 15) is 4.79 Å². The molecule has 1 amide bonds. The fourth-order valence-electron chi connectivity index (χ4n) is 1.56. The molecule has 1 aromatic carbocycles. The largest absolute Gasteiger partial charge is 0.397 e. The Labute approximate surface area is 126 Å². The van der Waals surface area contributed by atoms with Gasteiger partial charge in [-0.2, -0.15) is 11.8 Å². The number of thioether (sulfide) groups is 1. The van der Waals surface area contributed by atoms with Gasteiger partial charge in [-0.05, 0) is 12.1 Å². The number of anilines is 2. The molecule has 1 aliphatic rings. The van der Waals surface area contributed by atoms with Crippen LogP contribution in [0.5, 0.6) is 0 Å². The van der Waals surface area contributed by atoms with E-state index >= 15 is 0 Å². The quantitative estimate of drug-likeness (QED) is 0.818. The molecule has 1 fully saturated rings. The number of nitrogens with two attached hydrogens (primary N) is 1. The van der Waals surface area contributed by atoms with Gasteiger partial charge in [0, 0.05) is 17.2 Å². The molecule has 2 rings (SSSR count). The molecule has 0 atom stereocenters. The van der Waals surface area contributed by atoms with Crippen molar-refractivity contribution in [1.29, 1.82) is 0 Å². The van der Waals surface area contributed by atoms with Crippen molar-refractivity contribution in [2.45, 2.75) is 11.7 Å². The van der Waals surface area contributed by atoms with Crippen molar-refractivity contribution in [2.24, 2.45) is 0 Å². The number of ether oxygens (including phenoxy) is 1. The molecule has 1 heterocycles.